The molecule has 1 atom stereocenters. The Kier molecular flexibility index (Phi) is 2.52. The Bertz CT molecular complexity index is 441. The first kappa shape index (κ1) is 11.8. The summed E-state index contributed by atoms with van der Waals surface area (Å²) >= 11 is 0. The molecule has 1 heterocycles. The van der Waals surface area contributed by atoms with E-state index in [2.05, 4.69) is 5.10 Å². The van der Waals surface area contributed by atoms with Gasteiger partial charge in [0.15, 0.2) is 0 Å². The lowest BCUT2D eigenvalue weighted by Gasteiger charge is -2.26. The molecule has 2 rings (SSSR count). The van der Waals surface area contributed by atoms with Gasteiger partial charge in [0, 0.05) is 0 Å². The summed E-state index contributed by atoms with van der Waals surface area (Å²) in [6.07, 6.45) is -4.49. The van der Waals surface area contributed by atoms with Crippen LogP contribution in [0.5, 0.6) is 0 Å². The molecule has 6 heteroatoms. The molecule has 1 aromatic rings. The zero-order valence-electron chi connectivity index (χ0n) is 9.20. The summed E-state index contributed by atoms with van der Waals surface area (Å²) in [4.78, 5) is 0. The van der Waals surface area contributed by atoms with Crippen molar-refractivity contribution in [1.29, 1.82) is 0 Å². The van der Waals surface area contributed by atoms with Crippen molar-refractivity contribution in [3.05, 3.63) is 35.9 Å². The minimum Gasteiger partial charge on any atom is -0.385 e. The maximum absolute atomic E-state index is 12.6. The van der Waals surface area contributed by atoms with Crippen LogP contribution in [0.4, 0.5) is 13.2 Å². The van der Waals surface area contributed by atoms with Gasteiger partial charge < -0.3 is 5.73 Å². The van der Waals surface area contributed by atoms with E-state index in [4.69, 9.17) is 5.73 Å². The highest BCUT2D eigenvalue weighted by Gasteiger charge is 2.48. The maximum atomic E-state index is 12.6. The van der Waals surface area contributed by atoms with Crippen molar-refractivity contribution in [2.75, 3.05) is 6.54 Å². The number of alkyl halides is 3. The van der Waals surface area contributed by atoms with Crippen LogP contribution in [0.3, 0.4) is 0 Å². The predicted molar refractivity (Wildman–Crippen MR) is 58.2 cm³/mol. The molecule has 1 aliphatic rings. The van der Waals surface area contributed by atoms with Gasteiger partial charge in [0.2, 0.25) is 0 Å². The van der Waals surface area contributed by atoms with Crippen molar-refractivity contribution >= 4 is 5.84 Å². The number of hydrogen-bond donors (Lipinski definition) is 1. The quantitative estimate of drug-likeness (QED) is 0.767. The van der Waals surface area contributed by atoms with Crippen LogP contribution in [-0.2, 0) is 5.41 Å². The number of nitrogens with two attached hydrogens (primary N) is 1. The largest absolute Gasteiger partial charge is 0.500 e. The fourth-order valence-electron chi connectivity index (χ4n) is 1.85. The normalized spacial score (nSPS) is 24.9. The van der Waals surface area contributed by atoms with Crippen molar-refractivity contribution in [3.8, 4) is 0 Å². The Hall–Kier alpha value is -1.72. The van der Waals surface area contributed by atoms with Crippen molar-refractivity contribution in [3.63, 3.8) is 0 Å². The molecule has 0 fully saturated rings. The first-order chi connectivity index (χ1) is 7.84. The summed E-state index contributed by atoms with van der Waals surface area (Å²) in [6, 6.07) is 8.84. The zero-order valence-corrected chi connectivity index (χ0v) is 9.20. The van der Waals surface area contributed by atoms with Gasteiger partial charge in [0.05, 0.1) is 12.0 Å². The average Bonchev–Trinajstić information content (AvgIpc) is 2.58. The summed E-state index contributed by atoms with van der Waals surface area (Å²) in [5, 5.41) is 3.47. The van der Waals surface area contributed by atoms with Crippen molar-refractivity contribution in [1.82, 2.24) is 5.01 Å². The Morgan fingerprint density at radius 2 is 1.88 bits per heavy atom. The molecule has 17 heavy (non-hydrogen) atoms. The van der Waals surface area contributed by atoms with Crippen LogP contribution in [0.25, 0.3) is 0 Å². The number of halogens is 3. The fourth-order valence-corrected chi connectivity index (χ4v) is 1.85. The van der Waals surface area contributed by atoms with Crippen LogP contribution in [0.2, 0.25) is 0 Å². The second-order valence-corrected chi connectivity index (χ2v) is 4.21. The third-order valence-corrected chi connectivity index (χ3v) is 2.96. The van der Waals surface area contributed by atoms with Crippen molar-refractivity contribution in [2.45, 2.75) is 18.6 Å². The van der Waals surface area contributed by atoms with Crippen molar-refractivity contribution < 1.29 is 13.2 Å². The fraction of sp³-hybridized carbons (Fsp3) is 0.364. The highest BCUT2D eigenvalue weighted by atomic mass is 19.4. The van der Waals surface area contributed by atoms with Gasteiger partial charge >= 0.3 is 6.30 Å². The summed E-state index contributed by atoms with van der Waals surface area (Å²) in [7, 11) is 0. The molecule has 0 bridgehead atoms. The Morgan fingerprint density at radius 1 is 1.29 bits per heavy atom. The van der Waals surface area contributed by atoms with Gasteiger partial charge in [-0.1, -0.05) is 30.3 Å². The van der Waals surface area contributed by atoms with E-state index < -0.39 is 11.7 Å². The predicted octanol–water partition coefficient (Wildman–Crippen LogP) is 2.05. The summed E-state index contributed by atoms with van der Waals surface area (Å²) in [5.41, 5.74) is 5.48. The highest BCUT2D eigenvalue weighted by Crippen LogP contribution is 2.35. The minimum absolute atomic E-state index is 0.0129. The van der Waals surface area contributed by atoms with Gasteiger partial charge in [-0.3, -0.25) is 0 Å². The van der Waals surface area contributed by atoms with Gasteiger partial charge in [-0.05, 0) is 12.5 Å². The molecule has 92 valence electrons. The van der Waals surface area contributed by atoms with Gasteiger partial charge in [-0.25, -0.2) is 5.01 Å². The maximum Gasteiger partial charge on any atom is 0.500 e. The number of hydrogen-bond acceptors (Lipinski definition) is 3. The van der Waals surface area contributed by atoms with E-state index in [-0.39, 0.29) is 17.4 Å². The topological polar surface area (TPSA) is 41.6 Å². The molecular weight excluding hydrogens is 231 g/mol. The second kappa shape index (κ2) is 3.65. The average molecular weight is 243 g/mol. The molecule has 1 unspecified atom stereocenters. The molecule has 3 nitrogen and oxygen atoms in total. The van der Waals surface area contributed by atoms with E-state index in [1.165, 1.54) is 0 Å². The number of nitrogens with zero attached hydrogens (tertiary/aromatic N) is 2. The van der Waals surface area contributed by atoms with E-state index in [1.807, 2.05) is 0 Å². The minimum atomic E-state index is -4.49. The lowest BCUT2D eigenvalue weighted by molar-refractivity contribution is -0.244. The molecule has 0 saturated carbocycles. The van der Waals surface area contributed by atoms with Crippen molar-refractivity contribution in [2.24, 2.45) is 10.8 Å². The first-order valence-corrected chi connectivity index (χ1v) is 5.08. The molecule has 0 aromatic heterocycles. The lowest BCUT2D eigenvalue weighted by Crippen LogP contribution is -2.42. The van der Waals surface area contributed by atoms with E-state index >= 15 is 0 Å². The summed E-state index contributed by atoms with van der Waals surface area (Å²) < 4.78 is 37.7. The van der Waals surface area contributed by atoms with Gasteiger partial charge in [0.1, 0.15) is 5.84 Å². The molecule has 0 amide bonds. The molecule has 0 saturated heterocycles. The molecule has 0 aliphatic carbocycles. The van der Waals surface area contributed by atoms with Crippen LogP contribution in [0.1, 0.15) is 12.5 Å². The Labute approximate surface area is 96.7 Å². The van der Waals surface area contributed by atoms with Crippen LogP contribution in [-0.4, -0.2) is 23.7 Å². The third kappa shape index (κ3) is 1.94. The molecular formula is C11H12F3N3. The first-order valence-electron chi connectivity index (χ1n) is 5.08. The molecule has 1 aliphatic heterocycles. The summed E-state index contributed by atoms with van der Waals surface area (Å²) in [5.74, 6) is -0.0129. The number of rotatable bonds is 1. The standard InChI is InChI=1S/C11H12F3N3/c1-10(8-5-3-2-4-6-8)7-17(11(12,13)14)16-9(10)15/h2-6H,7H2,1H3,(H2,15,16). The SMILES string of the molecule is CC1(c2ccccc2)CN(C(F)(F)F)N=C1N. The number of amidine groups is 1. The molecule has 0 radical (unpaired) electrons. The highest BCUT2D eigenvalue weighted by molar-refractivity contribution is 5.92. The molecule has 1 aromatic carbocycles. The van der Waals surface area contributed by atoms with Gasteiger partial charge in [0.25, 0.3) is 0 Å². The molecule has 0 spiro atoms. The smallest absolute Gasteiger partial charge is 0.385 e. The van der Waals surface area contributed by atoms with Gasteiger partial charge in [-0.15, -0.1) is 13.2 Å². The number of benzene rings is 1. The van der Waals surface area contributed by atoms with E-state index in [0.29, 0.717) is 0 Å². The van der Waals surface area contributed by atoms with Crippen LogP contribution in [0.15, 0.2) is 35.4 Å². The molecule has 2 N–H and O–H groups in total. The second-order valence-electron chi connectivity index (χ2n) is 4.21. The monoisotopic (exact) mass is 243 g/mol. The van der Waals surface area contributed by atoms with E-state index in [0.717, 1.165) is 5.56 Å². The van der Waals surface area contributed by atoms with E-state index in [9.17, 15) is 13.2 Å². The zero-order chi connectivity index (χ0) is 12.7. The summed E-state index contributed by atoms with van der Waals surface area (Å²) in [6.45, 7) is 1.37. The Morgan fingerprint density at radius 3 is 2.35 bits per heavy atom. The van der Waals surface area contributed by atoms with Gasteiger partial charge in [-0.2, -0.15) is 5.10 Å². The number of hydrazone groups is 1. The van der Waals surface area contributed by atoms with E-state index in [1.54, 1.807) is 37.3 Å². The lowest BCUT2D eigenvalue weighted by atomic mass is 9.82. The van der Waals surface area contributed by atoms with Crippen LogP contribution in [0, 0.1) is 0 Å². The van der Waals surface area contributed by atoms with Crippen LogP contribution >= 0.6 is 0 Å². The van der Waals surface area contributed by atoms with Crippen LogP contribution < -0.4 is 5.73 Å². The Balaban J connectivity index is 2.34. The third-order valence-electron chi connectivity index (χ3n) is 2.96.